The fraction of sp³-hybridized carbons (Fsp3) is 0.0256. The molecule has 7 aromatic rings. The van der Waals surface area contributed by atoms with Gasteiger partial charge in [-0.2, -0.15) is 0 Å². The van der Waals surface area contributed by atoms with Gasteiger partial charge in [0.1, 0.15) is 0 Å². The van der Waals surface area contributed by atoms with E-state index in [0.717, 1.165) is 38.9 Å². The monoisotopic (exact) mass is 573 g/mol. The van der Waals surface area contributed by atoms with E-state index in [-0.39, 0.29) is 10.6 Å². The van der Waals surface area contributed by atoms with Crippen molar-refractivity contribution in [2.45, 2.75) is 5.41 Å². The van der Waals surface area contributed by atoms with Crippen molar-refractivity contribution in [1.82, 2.24) is 0 Å². The van der Waals surface area contributed by atoms with Crippen molar-refractivity contribution in [3.8, 4) is 22.3 Å². The number of hydrogen-bond acceptors (Lipinski definition) is 2. The Kier molecular flexibility index (Phi) is 5.72. The molecule has 0 unspecified atom stereocenters. The number of benzene rings is 7. The van der Waals surface area contributed by atoms with Gasteiger partial charge >= 0.3 is 0 Å². The van der Waals surface area contributed by atoms with Crippen LogP contribution in [-0.2, 0) is 5.41 Å². The molecule has 4 heteroatoms. The molecule has 0 aromatic heterocycles. The predicted octanol–water partition coefficient (Wildman–Crippen LogP) is 10.6. The SMILES string of the molecule is O=[N+]([O-])c1ccccc1-c1ccc2c(c1)-c1cc(Cl)ccc1C2(c1ccc2ccccc2c1)c1ccc2ccccc2c1. The number of fused-ring (bicyclic) bond motifs is 5. The van der Waals surface area contributed by atoms with Gasteiger partial charge in [-0.3, -0.25) is 10.1 Å². The number of nitro benzene ring substituents is 1. The Labute approximate surface area is 253 Å². The lowest BCUT2D eigenvalue weighted by atomic mass is 9.67. The minimum absolute atomic E-state index is 0.0853. The molecular weight excluding hydrogens is 550 g/mol. The number of para-hydroxylation sites is 1. The fourth-order valence-corrected chi connectivity index (χ4v) is 7.16. The Balaban J connectivity index is 1.49. The van der Waals surface area contributed by atoms with Crippen LogP contribution in [-0.4, -0.2) is 4.92 Å². The van der Waals surface area contributed by atoms with Gasteiger partial charge in [0.2, 0.25) is 0 Å². The molecule has 43 heavy (non-hydrogen) atoms. The molecule has 0 N–H and O–H groups in total. The highest BCUT2D eigenvalue weighted by atomic mass is 35.5. The van der Waals surface area contributed by atoms with E-state index in [4.69, 9.17) is 11.6 Å². The van der Waals surface area contributed by atoms with Crippen LogP contribution < -0.4 is 0 Å². The van der Waals surface area contributed by atoms with E-state index in [1.807, 2.05) is 30.3 Å². The number of halogens is 1. The number of hydrogen-bond donors (Lipinski definition) is 0. The van der Waals surface area contributed by atoms with E-state index in [0.29, 0.717) is 10.6 Å². The molecule has 0 amide bonds. The lowest BCUT2D eigenvalue weighted by Gasteiger charge is -2.34. The quantitative estimate of drug-likeness (QED) is 0.155. The fourth-order valence-electron chi connectivity index (χ4n) is 6.98. The van der Waals surface area contributed by atoms with Gasteiger partial charge in [0, 0.05) is 11.1 Å². The van der Waals surface area contributed by atoms with Crippen molar-refractivity contribution in [2.75, 3.05) is 0 Å². The molecule has 204 valence electrons. The molecule has 0 saturated carbocycles. The average molecular weight is 574 g/mol. The molecule has 1 aliphatic rings. The molecule has 1 aliphatic carbocycles. The second-order valence-electron chi connectivity index (χ2n) is 11.1. The van der Waals surface area contributed by atoms with Crippen LogP contribution in [0, 0.1) is 10.1 Å². The molecule has 0 aliphatic heterocycles. The summed E-state index contributed by atoms with van der Waals surface area (Å²) < 4.78 is 0. The van der Waals surface area contributed by atoms with Crippen molar-refractivity contribution in [2.24, 2.45) is 0 Å². The molecular formula is C39H24ClNO2. The molecule has 0 heterocycles. The van der Waals surface area contributed by atoms with E-state index in [1.165, 1.54) is 21.5 Å². The van der Waals surface area contributed by atoms with Crippen molar-refractivity contribution < 1.29 is 4.92 Å². The third-order valence-corrected chi connectivity index (χ3v) is 9.11. The van der Waals surface area contributed by atoms with Crippen LogP contribution in [0.25, 0.3) is 43.8 Å². The van der Waals surface area contributed by atoms with E-state index in [9.17, 15) is 10.1 Å². The third kappa shape index (κ3) is 3.82. The minimum Gasteiger partial charge on any atom is -0.258 e. The Morgan fingerprint density at radius 3 is 1.67 bits per heavy atom. The Morgan fingerprint density at radius 1 is 0.512 bits per heavy atom. The molecule has 7 aromatic carbocycles. The Morgan fingerprint density at radius 2 is 1.05 bits per heavy atom. The maximum atomic E-state index is 11.9. The molecule has 8 rings (SSSR count). The molecule has 0 bridgehead atoms. The van der Waals surface area contributed by atoms with Crippen LogP contribution >= 0.6 is 11.6 Å². The zero-order valence-corrected chi connectivity index (χ0v) is 23.8. The van der Waals surface area contributed by atoms with Gasteiger partial charge in [-0.05, 0) is 96.9 Å². The van der Waals surface area contributed by atoms with Crippen molar-refractivity contribution in [1.29, 1.82) is 0 Å². The van der Waals surface area contributed by atoms with Crippen LogP contribution in [0.15, 0.2) is 146 Å². The first kappa shape index (κ1) is 25.5. The summed E-state index contributed by atoms with van der Waals surface area (Å²) in [6.45, 7) is 0. The summed E-state index contributed by atoms with van der Waals surface area (Å²) >= 11 is 6.67. The van der Waals surface area contributed by atoms with Gasteiger partial charge in [0.05, 0.1) is 15.9 Å². The zero-order chi connectivity index (χ0) is 29.1. The normalized spacial score (nSPS) is 13.1. The molecule has 3 nitrogen and oxygen atoms in total. The standard InChI is InChI=1S/C39H24ClNO2/c40-32-18-20-37-35(24-32)34-23-29(33-11-5-6-12-38(33)41(42)43)15-19-36(34)39(37,30-16-13-25-7-1-3-9-27(25)21-30)31-17-14-26-8-2-4-10-28(26)22-31/h1-24H. The molecule has 0 radical (unpaired) electrons. The maximum absolute atomic E-state index is 11.9. The summed E-state index contributed by atoms with van der Waals surface area (Å²) in [6.07, 6.45) is 0. The Hall–Kier alpha value is -5.25. The summed E-state index contributed by atoms with van der Waals surface area (Å²) in [5, 5.41) is 17.3. The van der Waals surface area contributed by atoms with Crippen LogP contribution in [0.2, 0.25) is 5.02 Å². The van der Waals surface area contributed by atoms with Crippen molar-refractivity contribution in [3.05, 3.63) is 183 Å². The van der Waals surface area contributed by atoms with E-state index in [2.05, 4.69) is 103 Å². The second kappa shape index (κ2) is 9.65. The van der Waals surface area contributed by atoms with Gasteiger partial charge in [-0.15, -0.1) is 0 Å². The molecule has 0 atom stereocenters. The summed E-state index contributed by atoms with van der Waals surface area (Å²) in [6, 6.07) is 49.6. The lowest BCUT2D eigenvalue weighted by molar-refractivity contribution is -0.384. The summed E-state index contributed by atoms with van der Waals surface area (Å²) in [7, 11) is 0. The molecule has 0 saturated heterocycles. The van der Waals surface area contributed by atoms with Crippen LogP contribution in [0.5, 0.6) is 0 Å². The van der Waals surface area contributed by atoms with Gasteiger partial charge in [-0.25, -0.2) is 0 Å². The summed E-state index contributed by atoms with van der Waals surface area (Å²) in [5.41, 5.74) is 7.46. The number of rotatable bonds is 4. The third-order valence-electron chi connectivity index (χ3n) is 8.88. The first-order valence-electron chi connectivity index (χ1n) is 14.2. The minimum atomic E-state index is -0.634. The number of nitrogens with zero attached hydrogens (tertiary/aromatic N) is 1. The van der Waals surface area contributed by atoms with Gasteiger partial charge in [0.15, 0.2) is 0 Å². The van der Waals surface area contributed by atoms with Gasteiger partial charge in [-0.1, -0.05) is 115 Å². The van der Waals surface area contributed by atoms with Gasteiger partial charge in [0.25, 0.3) is 5.69 Å². The highest BCUT2D eigenvalue weighted by Crippen LogP contribution is 2.57. The second-order valence-corrected chi connectivity index (χ2v) is 11.5. The molecule has 0 spiro atoms. The van der Waals surface area contributed by atoms with Crippen LogP contribution in [0.1, 0.15) is 22.3 Å². The zero-order valence-electron chi connectivity index (χ0n) is 23.0. The summed E-state index contributed by atoms with van der Waals surface area (Å²) in [5.74, 6) is 0. The van der Waals surface area contributed by atoms with E-state index in [1.54, 1.807) is 12.1 Å². The smallest absolute Gasteiger partial charge is 0.258 e. The highest BCUT2D eigenvalue weighted by Gasteiger charge is 2.46. The number of nitro groups is 1. The van der Waals surface area contributed by atoms with Crippen LogP contribution in [0.4, 0.5) is 5.69 Å². The maximum Gasteiger partial charge on any atom is 0.277 e. The van der Waals surface area contributed by atoms with E-state index >= 15 is 0 Å². The molecule has 0 fully saturated rings. The first-order chi connectivity index (χ1) is 21.0. The predicted molar refractivity (Wildman–Crippen MR) is 176 cm³/mol. The largest absolute Gasteiger partial charge is 0.277 e. The average Bonchev–Trinajstić information content (AvgIpc) is 3.34. The Bertz CT molecular complexity index is 2170. The summed E-state index contributed by atoms with van der Waals surface area (Å²) in [4.78, 5) is 11.6. The van der Waals surface area contributed by atoms with Crippen molar-refractivity contribution >= 4 is 38.8 Å². The first-order valence-corrected chi connectivity index (χ1v) is 14.6. The van der Waals surface area contributed by atoms with Gasteiger partial charge < -0.3 is 0 Å². The van der Waals surface area contributed by atoms with E-state index < -0.39 is 5.41 Å². The lowest BCUT2D eigenvalue weighted by Crippen LogP contribution is -2.28. The van der Waals surface area contributed by atoms with Crippen molar-refractivity contribution in [3.63, 3.8) is 0 Å². The highest BCUT2D eigenvalue weighted by molar-refractivity contribution is 6.31. The topological polar surface area (TPSA) is 43.1 Å². The van der Waals surface area contributed by atoms with Crippen LogP contribution in [0.3, 0.4) is 0 Å².